The van der Waals surface area contributed by atoms with E-state index in [9.17, 15) is 19.7 Å². The van der Waals surface area contributed by atoms with E-state index in [2.05, 4.69) is 20.4 Å². The summed E-state index contributed by atoms with van der Waals surface area (Å²) in [7, 11) is 0. The van der Waals surface area contributed by atoms with Gasteiger partial charge in [-0.25, -0.2) is 4.98 Å². The number of rotatable bonds is 6. The van der Waals surface area contributed by atoms with Gasteiger partial charge in [0, 0.05) is 28.4 Å². The van der Waals surface area contributed by atoms with Crippen LogP contribution < -0.4 is 10.9 Å². The molecule has 1 aromatic carbocycles. The number of nitro benzene ring substituents is 1. The molecule has 0 saturated heterocycles. The van der Waals surface area contributed by atoms with E-state index in [0.717, 1.165) is 6.07 Å². The third-order valence-corrected chi connectivity index (χ3v) is 5.12. The molecule has 11 nitrogen and oxygen atoms in total. The first-order chi connectivity index (χ1) is 15.8. The highest BCUT2D eigenvalue weighted by atomic mass is 35.5. The highest BCUT2D eigenvalue weighted by Gasteiger charge is 2.24. The molecule has 0 atom stereocenters. The van der Waals surface area contributed by atoms with E-state index in [0.29, 0.717) is 29.1 Å². The maximum atomic E-state index is 13.0. The molecule has 0 unspecified atom stereocenters. The van der Waals surface area contributed by atoms with Crippen molar-refractivity contribution in [3.05, 3.63) is 85.0 Å². The summed E-state index contributed by atoms with van der Waals surface area (Å²) in [4.78, 5) is 43.2. The number of furan rings is 1. The van der Waals surface area contributed by atoms with Gasteiger partial charge in [-0.1, -0.05) is 18.5 Å². The monoisotopic (exact) mass is 468 g/mol. The van der Waals surface area contributed by atoms with Crippen LogP contribution in [0.2, 0.25) is 5.02 Å². The van der Waals surface area contributed by atoms with Crippen molar-refractivity contribution in [3.63, 3.8) is 0 Å². The van der Waals surface area contributed by atoms with Crippen LogP contribution in [0.3, 0.4) is 0 Å². The Morgan fingerprint density at radius 1 is 1.33 bits per heavy atom. The Labute approximate surface area is 191 Å². The van der Waals surface area contributed by atoms with Gasteiger partial charge in [-0.05, 0) is 37.6 Å². The summed E-state index contributed by atoms with van der Waals surface area (Å²) in [6.07, 6.45) is 1.95. The molecule has 12 heteroatoms. The molecule has 0 bridgehead atoms. The molecule has 4 rings (SSSR count). The van der Waals surface area contributed by atoms with E-state index < -0.39 is 16.5 Å². The summed E-state index contributed by atoms with van der Waals surface area (Å²) in [5.74, 6) is -0.223. The van der Waals surface area contributed by atoms with Crippen molar-refractivity contribution >= 4 is 29.0 Å². The van der Waals surface area contributed by atoms with Gasteiger partial charge in [-0.2, -0.15) is 9.78 Å². The zero-order valence-corrected chi connectivity index (χ0v) is 18.2. The van der Waals surface area contributed by atoms with E-state index in [1.165, 1.54) is 29.1 Å². The molecule has 0 aliphatic rings. The molecule has 4 aromatic rings. The number of aromatic nitrogens is 4. The Kier molecular flexibility index (Phi) is 5.80. The van der Waals surface area contributed by atoms with E-state index in [1.54, 1.807) is 19.1 Å². The minimum atomic E-state index is -0.791. The average molecular weight is 469 g/mol. The summed E-state index contributed by atoms with van der Waals surface area (Å²) in [6.45, 7) is 3.54. The number of halogens is 1. The largest absolute Gasteiger partial charge is 0.463 e. The number of nitrogens with one attached hydrogen (secondary N) is 2. The summed E-state index contributed by atoms with van der Waals surface area (Å²) in [6, 6.07) is 8.50. The van der Waals surface area contributed by atoms with Crippen LogP contribution in [0.4, 0.5) is 11.5 Å². The highest BCUT2D eigenvalue weighted by Crippen LogP contribution is 2.27. The van der Waals surface area contributed by atoms with E-state index in [4.69, 9.17) is 16.0 Å². The first-order valence-corrected chi connectivity index (χ1v) is 10.2. The Morgan fingerprint density at radius 2 is 2.12 bits per heavy atom. The lowest BCUT2D eigenvalue weighted by Gasteiger charge is -2.10. The molecule has 3 aromatic heterocycles. The predicted molar refractivity (Wildman–Crippen MR) is 120 cm³/mol. The number of hydrogen-bond acceptors (Lipinski definition) is 7. The molecule has 0 aliphatic carbocycles. The topological polar surface area (TPSA) is 149 Å². The van der Waals surface area contributed by atoms with Gasteiger partial charge in [0.15, 0.2) is 5.76 Å². The van der Waals surface area contributed by atoms with Gasteiger partial charge < -0.3 is 9.73 Å². The summed E-state index contributed by atoms with van der Waals surface area (Å²) >= 11 is 5.95. The van der Waals surface area contributed by atoms with E-state index >= 15 is 0 Å². The zero-order chi connectivity index (χ0) is 23.7. The fourth-order valence-electron chi connectivity index (χ4n) is 3.32. The van der Waals surface area contributed by atoms with Crippen LogP contribution in [-0.4, -0.2) is 30.6 Å². The van der Waals surface area contributed by atoms with Gasteiger partial charge in [-0.3, -0.25) is 24.7 Å². The SMILES string of the molecule is CCc1c(C)nc(-n2nc(-c3ccco3)cc2NC(=O)c2cc(Cl)ccc2[N+](=O)[O-])[nH]c1=O. The third kappa shape index (κ3) is 4.26. The second kappa shape index (κ2) is 8.71. The van der Waals surface area contributed by atoms with Gasteiger partial charge in [0.1, 0.15) is 17.1 Å². The Bertz CT molecular complexity index is 1420. The molecule has 33 heavy (non-hydrogen) atoms. The Hall–Kier alpha value is -4.25. The Balaban J connectivity index is 1.82. The van der Waals surface area contributed by atoms with Crippen molar-refractivity contribution < 1.29 is 14.1 Å². The lowest BCUT2D eigenvalue weighted by molar-refractivity contribution is -0.385. The van der Waals surface area contributed by atoms with Crippen molar-refractivity contribution in [3.8, 4) is 17.4 Å². The molecule has 3 heterocycles. The van der Waals surface area contributed by atoms with Gasteiger partial charge in [-0.15, -0.1) is 0 Å². The van der Waals surface area contributed by atoms with Crippen LogP contribution in [0.1, 0.15) is 28.5 Å². The standard InChI is InChI=1S/C21H17ClN6O5/c1-3-13-11(2)23-21(25-19(13)29)27-18(10-15(26-27)17-5-4-8-33-17)24-20(30)14-9-12(22)6-7-16(14)28(31)32/h4-10H,3H2,1-2H3,(H,24,30)(H,23,25,29). The molecular weight excluding hydrogens is 452 g/mol. The molecule has 0 spiro atoms. The molecule has 1 amide bonds. The maximum Gasteiger partial charge on any atom is 0.282 e. The normalized spacial score (nSPS) is 10.9. The molecular formula is C21H17ClN6O5. The number of nitro groups is 1. The second-order valence-corrected chi connectivity index (χ2v) is 7.42. The van der Waals surface area contributed by atoms with Crippen molar-refractivity contribution in [2.75, 3.05) is 5.32 Å². The fraction of sp³-hybridized carbons (Fsp3) is 0.143. The van der Waals surface area contributed by atoms with Crippen LogP contribution in [-0.2, 0) is 6.42 Å². The number of carbonyl (C=O) groups excluding carboxylic acids is 1. The number of aromatic amines is 1. The zero-order valence-electron chi connectivity index (χ0n) is 17.5. The molecule has 168 valence electrons. The molecule has 2 N–H and O–H groups in total. The number of nitrogens with zero attached hydrogens (tertiary/aromatic N) is 4. The minimum absolute atomic E-state index is 0.0587. The van der Waals surface area contributed by atoms with E-state index in [-0.39, 0.29) is 27.9 Å². The van der Waals surface area contributed by atoms with Gasteiger partial charge in [0.05, 0.1) is 11.2 Å². The minimum Gasteiger partial charge on any atom is -0.463 e. The first kappa shape index (κ1) is 22.0. The second-order valence-electron chi connectivity index (χ2n) is 6.98. The van der Waals surface area contributed by atoms with Crippen LogP contribution in [0.15, 0.2) is 51.9 Å². The number of carbonyl (C=O) groups is 1. The summed E-state index contributed by atoms with van der Waals surface area (Å²) in [5, 5.41) is 18.5. The van der Waals surface area contributed by atoms with Crippen LogP contribution in [0, 0.1) is 17.0 Å². The van der Waals surface area contributed by atoms with Crippen molar-refractivity contribution in [1.29, 1.82) is 0 Å². The number of amides is 1. The lowest BCUT2D eigenvalue weighted by Crippen LogP contribution is -2.22. The van der Waals surface area contributed by atoms with Crippen LogP contribution >= 0.6 is 11.6 Å². The summed E-state index contributed by atoms with van der Waals surface area (Å²) in [5.41, 5.74) is 0.391. The van der Waals surface area contributed by atoms with Crippen LogP contribution in [0.5, 0.6) is 0 Å². The Morgan fingerprint density at radius 3 is 2.76 bits per heavy atom. The fourth-order valence-corrected chi connectivity index (χ4v) is 3.49. The lowest BCUT2D eigenvalue weighted by atomic mass is 10.1. The number of benzene rings is 1. The molecule has 0 aliphatic heterocycles. The number of aryl methyl sites for hydroxylation is 1. The first-order valence-electron chi connectivity index (χ1n) is 9.78. The predicted octanol–water partition coefficient (Wildman–Crippen LogP) is 3.90. The number of hydrogen-bond donors (Lipinski definition) is 2. The van der Waals surface area contributed by atoms with Crippen molar-refractivity contribution in [1.82, 2.24) is 19.7 Å². The van der Waals surface area contributed by atoms with Gasteiger partial charge in [0.2, 0.25) is 5.95 Å². The van der Waals surface area contributed by atoms with Gasteiger partial charge >= 0.3 is 0 Å². The van der Waals surface area contributed by atoms with E-state index in [1.807, 2.05) is 6.92 Å². The third-order valence-electron chi connectivity index (χ3n) is 4.89. The van der Waals surface area contributed by atoms with Crippen LogP contribution in [0.25, 0.3) is 17.4 Å². The number of H-pyrrole nitrogens is 1. The smallest absolute Gasteiger partial charge is 0.282 e. The maximum absolute atomic E-state index is 13.0. The molecule has 0 saturated carbocycles. The summed E-state index contributed by atoms with van der Waals surface area (Å²) < 4.78 is 6.60. The molecule has 0 radical (unpaired) electrons. The average Bonchev–Trinajstić information content (AvgIpc) is 3.43. The quantitative estimate of drug-likeness (QED) is 0.322. The highest BCUT2D eigenvalue weighted by molar-refractivity contribution is 6.31. The number of anilines is 1. The molecule has 0 fully saturated rings. The van der Waals surface area contributed by atoms with Crippen molar-refractivity contribution in [2.45, 2.75) is 20.3 Å². The van der Waals surface area contributed by atoms with Gasteiger partial charge in [0.25, 0.3) is 17.2 Å². The van der Waals surface area contributed by atoms with Crippen molar-refractivity contribution in [2.24, 2.45) is 0 Å².